The van der Waals surface area contributed by atoms with Gasteiger partial charge in [-0.2, -0.15) is 0 Å². The molecule has 2 atom stereocenters. The van der Waals surface area contributed by atoms with Crippen LogP contribution in [0.2, 0.25) is 0 Å². The highest BCUT2D eigenvalue weighted by Gasteiger charge is 2.16. The lowest BCUT2D eigenvalue weighted by molar-refractivity contribution is -0.150. The van der Waals surface area contributed by atoms with Gasteiger partial charge >= 0.3 is 23.9 Å². The molecule has 0 aromatic heterocycles. The third kappa shape index (κ3) is 75.1. The van der Waals surface area contributed by atoms with Gasteiger partial charge in [-0.1, -0.05) is 295 Å². The third-order valence-corrected chi connectivity index (χ3v) is 17.4. The number of hydrogen-bond donors (Lipinski definition) is 0. The summed E-state index contributed by atoms with van der Waals surface area (Å²) in [5.74, 6) is -0.549. The van der Waals surface area contributed by atoms with Gasteiger partial charge in [-0.15, -0.1) is 0 Å². The summed E-state index contributed by atoms with van der Waals surface area (Å²) in [6.07, 6.45) is 104. The molecule has 0 aliphatic heterocycles. The van der Waals surface area contributed by atoms with Crippen LogP contribution in [0.1, 0.15) is 317 Å². The second-order valence-electron chi connectivity index (χ2n) is 26.7. The highest BCUT2D eigenvalue weighted by molar-refractivity contribution is 5.71. The number of rotatable bonds is 72. The Kier molecular flexibility index (Phi) is 75.2. The topological polar surface area (TPSA) is 112 Å². The van der Waals surface area contributed by atoms with Crippen molar-refractivity contribution in [2.24, 2.45) is 0 Å². The number of nitrogens with zero attached hydrogens (tertiary/aromatic N) is 2. The van der Waals surface area contributed by atoms with Crippen molar-refractivity contribution < 1.29 is 38.1 Å². The maximum absolute atomic E-state index is 12.8. The van der Waals surface area contributed by atoms with E-state index in [-0.39, 0.29) is 36.1 Å². The molecule has 0 bridgehead atoms. The van der Waals surface area contributed by atoms with Crippen LogP contribution in [-0.2, 0) is 38.1 Å². The van der Waals surface area contributed by atoms with E-state index in [9.17, 15) is 19.2 Å². The summed E-state index contributed by atoms with van der Waals surface area (Å²) < 4.78 is 23.2. The van der Waals surface area contributed by atoms with Gasteiger partial charge in [0, 0.05) is 51.9 Å². The summed E-state index contributed by atoms with van der Waals surface area (Å²) in [6, 6.07) is 0. The molecular weight excluding hydrogens is 1250 g/mol. The molecule has 0 fully saturated rings. The van der Waals surface area contributed by atoms with Gasteiger partial charge in [-0.3, -0.25) is 19.2 Å². The van der Waals surface area contributed by atoms with Gasteiger partial charge < -0.3 is 28.7 Å². The van der Waals surface area contributed by atoms with Gasteiger partial charge in [0.2, 0.25) is 0 Å². The molecular formula is C91H150N2O8. The van der Waals surface area contributed by atoms with Gasteiger partial charge in [0.1, 0.15) is 12.2 Å². The standard InChI is InChI=1S/C91H150N2O8/c1-7-12-16-20-22-24-26-28-30-32-34-36-38-40-42-48-54-60-68-76-90(96)100-86(72-64-18-14-9-3)74-66-58-52-46-44-50-56-62-70-84-98-88(94)78-80-93(83-82-92(6)11-5)81-79-89(95)99-85-71-63-57-51-45-47-53-59-67-75-87(73-65-19-15-10-4)101-91(97)77-69-61-55-49-43-41-39-37-35-33-31-29-27-25-23-21-17-13-8-2/h12-13,16-17,22-25,28-31,34-37,40-43,54-55,58-61,66-67,86-87H,7-11,14-15,18-21,26-27,32-33,38-39,44-53,56-57,62-65,68-85H2,1-6H3/b16-12-,17-13-,24-22-,25-23-,30-28-,31-29-,36-34-,37-35-,42-40-,43-41-,60-54-,61-55-,66-58-,67-59-. The Morgan fingerprint density at radius 1 is 0.287 bits per heavy atom. The van der Waals surface area contributed by atoms with Gasteiger partial charge in [0.25, 0.3) is 0 Å². The summed E-state index contributed by atoms with van der Waals surface area (Å²) in [5, 5.41) is 0. The Hall–Kier alpha value is -5.84. The Morgan fingerprint density at radius 2 is 0.584 bits per heavy atom. The maximum atomic E-state index is 12.8. The molecule has 10 nitrogen and oxygen atoms in total. The average molecular weight is 1400 g/mol. The van der Waals surface area contributed by atoms with Crippen LogP contribution in [0, 0.1) is 0 Å². The van der Waals surface area contributed by atoms with Gasteiger partial charge in [0.15, 0.2) is 0 Å². The van der Waals surface area contributed by atoms with E-state index in [1.807, 2.05) is 0 Å². The molecule has 0 spiro atoms. The van der Waals surface area contributed by atoms with Gasteiger partial charge in [-0.05, 0) is 168 Å². The lowest BCUT2D eigenvalue weighted by Gasteiger charge is -2.24. The molecule has 0 amide bonds. The average Bonchev–Trinajstić information content (AvgIpc) is 2.14. The molecule has 0 N–H and O–H groups in total. The van der Waals surface area contributed by atoms with Crippen molar-refractivity contribution in [1.82, 2.24) is 9.80 Å². The number of esters is 4. The third-order valence-electron chi connectivity index (χ3n) is 17.4. The molecule has 0 aliphatic carbocycles. The summed E-state index contributed by atoms with van der Waals surface area (Å²) in [4.78, 5) is 55.6. The molecule has 0 heterocycles. The van der Waals surface area contributed by atoms with Crippen LogP contribution in [0.5, 0.6) is 0 Å². The number of allylic oxidation sites excluding steroid dienone is 26. The fraction of sp³-hybridized carbons (Fsp3) is 0.648. The molecule has 0 aromatic rings. The first-order chi connectivity index (χ1) is 49.7. The minimum absolute atomic E-state index is 0.0534. The summed E-state index contributed by atoms with van der Waals surface area (Å²) in [6.45, 7) is 15.5. The highest BCUT2D eigenvalue weighted by Crippen LogP contribution is 2.18. The SMILES string of the molecule is CC/C=C\C/C=C\C/C=C\C/C=C\C/C=C\C/C=C\CCC(=O)OC(C/C=C\CCCCCCCCOC(=O)CCN(CCC(=O)OCCCCCCCC/C=C\CC(CCCCCC)OC(=O)CC/C=C\C/C=C\C/C=C\C/C=C\C/C=C\C/C=C\CC)CCN(C)CC)CCCCCC. The second-order valence-corrected chi connectivity index (χ2v) is 26.7. The van der Waals surface area contributed by atoms with Crippen LogP contribution < -0.4 is 0 Å². The summed E-state index contributed by atoms with van der Waals surface area (Å²) in [5.41, 5.74) is 0. The van der Waals surface area contributed by atoms with E-state index in [1.165, 1.54) is 51.4 Å². The Balaban J connectivity index is 4.36. The Bertz CT molecular complexity index is 2190. The van der Waals surface area contributed by atoms with Crippen molar-refractivity contribution in [2.45, 2.75) is 329 Å². The van der Waals surface area contributed by atoms with Crippen molar-refractivity contribution in [2.75, 3.05) is 53.0 Å². The van der Waals surface area contributed by atoms with E-state index in [4.69, 9.17) is 18.9 Å². The number of unbranched alkanes of at least 4 members (excludes halogenated alkanes) is 18. The van der Waals surface area contributed by atoms with Gasteiger partial charge in [-0.25, -0.2) is 0 Å². The molecule has 0 aromatic carbocycles. The normalized spacial score (nSPS) is 13.4. The number of ether oxygens (including phenoxy) is 4. The molecule has 0 aliphatic rings. The van der Waals surface area contributed by atoms with E-state index >= 15 is 0 Å². The zero-order valence-corrected chi connectivity index (χ0v) is 65.5. The van der Waals surface area contributed by atoms with Crippen LogP contribution in [0.3, 0.4) is 0 Å². The predicted octanol–water partition coefficient (Wildman–Crippen LogP) is 25.2. The van der Waals surface area contributed by atoms with Crippen molar-refractivity contribution in [3.63, 3.8) is 0 Å². The molecule has 10 heteroatoms. The van der Waals surface area contributed by atoms with Gasteiger partial charge in [0.05, 0.1) is 26.1 Å². The fourth-order valence-electron chi connectivity index (χ4n) is 10.9. The Labute approximate surface area is 621 Å². The van der Waals surface area contributed by atoms with Crippen LogP contribution in [0.4, 0.5) is 0 Å². The first kappa shape index (κ1) is 95.2. The number of hydrogen-bond acceptors (Lipinski definition) is 10. The van der Waals surface area contributed by atoms with E-state index in [2.05, 4.69) is 222 Å². The zero-order valence-electron chi connectivity index (χ0n) is 65.5. The van der Waals surface area contributed by atoms with E-state index in [0.717, 1.165) is 212 Å². The molecule has 0 radical (unpaired) electrons. The lowest BCUT2D eigenvalue weighted by atomic mass is 10.1. The van der Waals surface area contributed by atoms with Crippen molar-refractivity contribution in [3.8, 4) is 0 Å². The highest BCUT2D eigenvalue weighted by atomic mass is 16.6. The van der Waals surface area contributed by atoms with E-state index in [1.54, 1.807) is 0 Å². The Morgan fingerprint density at radius 3 is 0.911 bits per heavy atom. The molecule has 0 saturated heterocycles. The summed E-state index contributed by atoms with van der Waals surface area (Å²) in [7, 11) is 2.09. The van der Waals surface area contributed by atoms with Crippen LogP contribution in [0.25, 0.3) is 0 Å². The number of carbonyl (C=O) groups excluding carboxylic acids is 4. The van der Waals surface area contributed by atoms with Crippen LogP contribution in [-0.4, -0.2) is 98.9 Å². The minimum atomic E-state index is -0.177. The molecule has 101 heavy (non-hydrogen) atoms. The van der Waals surface area contributed by atoms with E-state index in [0.29, 0.717) is 64.8 Å². The van der Waals surface area contributed by atoms with Crippen LogP contribution in [0.15, 0.2) is 170 Å². The first-order valence-electron chi connectivity index (χ1n) is 40.9. The fourth-order valence-corrected chi connectivity index (χ4v) is 10.9. The zero-order chi connectivity index (χ0) is 73.3. The molecule has 572 valence electrons. The quantitative estimate of drug-likeness (QED) is 0.0253. The predicted molar refractivity (Wildman–Crippen MR) is 435 cm³/mol. The molecule has 2 unspecified atom stereocenters. The van der Waals surface area contributed by atoms with Crippen LogP contribution >= 0.6 is 0 Å². The van der Waals surface area contributed by atoms with Crippen molar-refractivity contribution in [1.29, 1.82) is 0 Å². The summed E-state index contributed by atoms with van der Waals surface area (Å²) >= 11 is 0. The first-order valence-corrected chi connectivity index (χ1v) is 40.9. The maximum Gasteiger partial charge on any atom is 0.307 e. The number of likely N-dealkylation sites (N-methyl/N-ethyl adjacent to an activating group) is 1. The molecule has 0 saturated carbocycles. The lowest BCUT2D eigenvalue weighted by Crippen LogP contribution is -2.36. The monoisotopic (exact) mass is 1400 g/mol. The smallest absolute Gasteiger partial charge is 0.307 e. The second kappa shape index (κ2) is 79.9. The number of carbonyl (C=O) groups is 4. The largest absolute Gasteiger partial charge is 0.466 e. The minimum Gasteiger partial charge on any atom is -0.466 e. The van der Waals surface area contributed by atoms with Crippen molar-refractivity contribution >= 4 is 23.9 Å². The molecule has 0 rings (SSSR count). The van der Waals surface area contributed by atoms with E-state index < -0.39 is 0 Å². The van der Waals surface area contributed by atoms with Crippen molar-refractivity contribution in [3.05, 3.63) is 170 Å².